The number of carbonyl (C=O) groups excluding carboxylic acids is 2. The summed E-state index contributed by atoms with van der Waals surface area (Å²) in [7, 11) is 1.44. The average Bonchev–Trinajstić information content (AvgIpc) is 3.58. The van der Waals surface area contributed by atoms with Gasteiger partial charge in [0.15, 0.2) is 6.29 Å². The number of methoxy groups -OCH3 is 1. The molecule has 29 heavy (non-hydrogen) atoms. The molecule has 0 bridgehead atoms. The molecule has 5 heteroatoms. The molecule has 1 fully saturated rings. The maximum absolute atomic E-state index is 12.2. The molecule has 2 unspecified atom stereocenters. The molecule has 1 N–H and O–H groups in total. The number of hydrogen-bond acceptors (Lipinski definition) is 5. The van der Waals surface area contributed by atoms with E-state index in [1.165, 1.54) is 13.2 Å². The van der Waals surface area contributed by atoms with Gasteiger partial charge in [-0.2, -0.15) is 0 Å². The second-order valence-electron chi connectivity index (χ2n) is 8.12. The highest BCUT2D eigenvalue weighted by atomic mass is 16.5. The van der Waals surface area contributed by atoms with Crippen LogP contribution in [0.25, 0.3) is 0 Å². The summed E-state index contributed by atoms with van der Waals surface area (Å²) in [5.41, 5.74) is 3.41. The Kier molecular flexibility index (Phi) is 5.31. The third-order valence-electron chi connectivity index (χ3n) is 6.21. The quantitative estimate of drug-likeness (QED) is 0.574. The molecule has 5 nitrogen and oxygen atoms in total. The van der Waals surface area contributed by atoms with Gasteiger partial charge >= 0.3 is 5.97 Å². The van der Waals surface area contributed by atoms with Crippen molar-refractivity contribution in [1.29, 1.82) is 0 Å². The second-order valence-corrected chi connectivity index (χ2v) is 8.12. The fraction of sp³-hybridized carbons (Fsp3) is 0.417. The third-order valence-corrected chi connectivity index (χ3v) is 6.21. The minimum absolute atomic E-state index is 0.0219. The molecule has 0 saturated heterocycles. The molecule has 0 spiro atoms. The first-order valence-corrected chi connectivity index (χ1v) is 10.2. The number of fused-ring (bicyclic) bond motifs is 1. The van der Waals surface area contributed by atoms with Crippen molar-refractivity contribution in [3.63, 3.8) is 0 Å². The fourth-order valence-corrected chi connectivity index (χ4v) is 4.45. The van der Waals surface area contributed by atoms with Crippen LogP contribution in [0.15, 0.2) is 36.4 Å². The Morgan fingerprint density at radius 1 is 1.21 bits per heavy atom. The van der Waals surface area contributed by atoms with E-state index in [0.717, 1.165) is 48.1 Å². The number of carbonyl (C=O) groups is 2. The normalized spacial score (nSPS) is 20.1. The summed E-state index contributed by atoms with van der Waals surface area (Å²) in [5, 5.41) is 9.75. The molecule has 1 saturated carbocycles. The first kappa shape index (κ1) is 19.5. The zero-order valence-corrected chi connectivity index (χ0v) is 16.8. The van der Waals surface area contributed by atoms with Crippen molar-refractivity contribution in [2.24, 2.45) is 11.8 Å². The number of esters is 1. The molecule has 0 radical (unpaired) electrons. The van der Waals surface area contributed by atoms with Crippen LogP contribution >= 0.6 is 0 Å². The number of ether oxygens (including phenoxy) is 2. The zero-order valence-electron chi connectivity index (χ0n) is 16.8. The van der Waals surface area contributed by atoms with Gasteiger partial charge < -0.3 is 14.6 Å². The van der Waals surface area contributed by atoms with Gasteiger partial charge in [-0.1, -0.05) is 25.1 Å². The van der Waals surface area contributed by atoms with E-state index < -0.39 is 0 Å². The Hall–Kier alpha value is -2.82. The molecule has 1 aliphatic carbocycles. The van der Waals surface area contributed by atoms with Crippen molar-refractivity contribution in [3.05, 3.63) is 58.7 Å². The first-order chi connectivity index (χ1) is 14.0. The molecule has 0 aromatic heterocycles. The van der Waals surface area contributed by atoms with Gasteiger partial charge in [0.25, 0.3) is 0 Å². The summed E-state index contributed by atoms with van der Waals surface area (Å²) in [6, 6.07) is 11.3. The lowest BCUT2D eigenvalue weighted by Gasteiger charge is -2.29. The summed E-state index contributed by atoms with van der Waals surface area (Å²) in [6.07, 6.45) is 4.43. The Bertz CT molecular complexity index is 931. The van der Waals surface area contributed by atoms with Crippen molar-refractivity contribution in [2.75, 3.05) is 7.11 Å². The summed E-state index contributed by atoms with van der Waals surface area (Å²) in [5.74, 6) is 1.08. The van der Waals surface area contributed by atoms with Crippen molar-refractivity contribution < 1.29 is 24.2 Å². The van der Waals surface area contributed by atoms with Crippen LogP contribution in [-0.2, 0) is 16.0 Å². The monoisotopic (exact) mass is 394 g/mol. The maximum atomic E-state index is 12.2. The van der Waals surface area contributed by atoms with Crippen LogP contribution < -0.4 is 4.74 Å². The largest absolute Gasteiger partial charge is 0.507 e. The lowest BCUT2D eigenvalue weighted by atomic mass is 9.82. The minimum Gasteiger partial charge on any atom is -0.507 e. The van der Waals surface area contributed by atoms with Crippen LogP contribution in [-0.4, -0.2) is 24.5 Å². The van der Waals surface area contributed by atoms with Gasteiger partial charge in [0.05, 0.1) is 18.6 Å². The Morgan fingerprint density at radius 3 is 2.69 bits per heavy atom. The Morgan fingerprint density at radius 2 is 2.00 bits per heavy atom. The molecule has 2 aliphatic rings. The van der Waals surface area contributed by atoms with Crippen LogP contribution in [0.5, 0.6) is 11.5 Å². The number of aromatic hydroxyl groups is 1. The molecule has 3 atom stereocenters. The SMILES string of the molecule is COC(=O)[C@@H](C)C(c1ccc2c(c1)OC(c1ccc(O)c(C=O)c1)CC2)C1CC1. The van der Waals surface area contributed by atoms with E-state index in [2.05, 4.69) is 18.2 Å². The van der Waals surface area contributed by atoms with Crippen molar-refractivity contribution in [3.8, 4) is 11.5 Å². The molecule has 2 aromatic carbocycles. The number of rotatable bonds is 6. The van der Waals surface area contributed by atoms with Crippen LogP contribution in [0.1, 0.15) is 65.3 Å². The van der Waals surface area contributed by atoms with Gasteiger partial charge in [0.1, 0.15) is 17.6 Å². The molecular formula is C24H26O5. The predicted octanol–water partition coefficient (Wildman–Crippen LogP) is 4.57. The van der Waals surface area contributed by atoms with Crippen LogP contribution in [0.4, 0.5) is 0 Å². The molecule has 152 valence electrons. The van der Waals surface area contributed by atoms with Crippen molar-refractivity contribution in [1.82, 2.24) is 0 Å². The number of benzene rings is 2. The molecule has 4 rings (SSSR count). The molecular weight excluding hydrogens is 368 g/mol. The van der Waals surface area contributed by atoms with Crippen molar-refractivity contribution in [2.45, 2.75) is 44.6 Å². The molecule has 2 aromatic rings. The van der Waals surface area contributed by atoms with Crippen LogP contribution in [0.2, 0.25) is 0 Å². The number of phenols is 1. The summed E-state index contributed by atoms with van der Waals surface area (Å²) in [4.78, 5) is 23.3. The van der Waals surface area contributed by atoms with E-state index in [0.29, 0.717) is 12.2 Å². The molecule has 0 amide bonds. The standard InChI is InChI=1S/C24H26O5/c1-14(24(27)28-2)23(16-4-5-16)18-6-3-15-8-10-21(29-22(15)12-18)17-7-9-20(26)19(11-17)13-25/h3,6-7,9,11-14,16,21,23,26H,4-5,8,10H2,1-2H3/t14-,21?,23?/m0/s1. The topological polar surface area (TPSA) is 72.8 Å². The highest BCUT2D eigenvalue weighted by Gasteiger charge is 2.39. The number of phenolic OH excluding ortho intramolecular Hbond substituents is 1. The van der Waals surface area contributed by atoms with Gasteiger partial charge in [0.2, 0.25) is 0 Å². The van der Waals surface area contributed by atoms with Gasteiger partial charge in [-0.25, -0.2) is 0 Å². The smallest absolute Gasteiger partial charge is 0.309 e. The van der Waals surface area contributed by atoms with Crippen LogP contribution in [0, 0.1) is 11.8 Å². The van der Waals surface area contributed by atoms with Gasteiger partial charge in [0, 0.05) is 0 Å². The molecule has 1 heterocycles. The summed E-state index contributed by atoms with van der Waals surface area (Å²) < 4.78 is 11.3. The van der Waals surface area contributed by atoms with E-state index in [4.69, 9.17) is 9.47 Å². The lowest BCUT2D eigenvalue weighted by molar-refractivity contribution is -0.145. The van der Waals surface area contributed by atoms with Gasteiger partial charge in [-0.3, -0.25) is 9.59 Å². The number of aldehydes is 1. The summed E-state index contributed by atoms with van der Waals surface area (Å²) in [6.45, 7) is 1.94. The van der Waals surface area contributed by atoms with Crippen LogP contribution in [0.3, 0.4) is 0 Å². The van der Waals surface area contributed by atoms with E-state index >= 15 is 0 Å². The maximum Gasteiger partial charge on any atom is 0.309 e. The van der Waals surface area contributed by atoms with E-state index in [1.54, 1.807) is 12.1 Å². The van der Waals surface area contributed by atoms with E-state index in [-0.39, 0.29) is 35.2 Å². The highest BCUT2D eigenvalue weighted by Crippen LogP contribution is 2.48. The highest BCUT2D eigenvalue weighted by molar-refractivity contribution is 5.79. The zero-order chi connectivity index (χ0) is 20.5. The average molecular weight is 394 g/mol. The fourth-order valence-electron chi connectivity index (χ4n) is 4.45. The predicted molar refractivity (Wildman–Crippen MR) is 108 cm³/mol. The third kappa shape index (κ3) is 3.86. The van der Waals surface area contributed by atoms with Gasteiger partial charge in [-0.15, -0.1) is 0 Å². The van der Waals surface area contributed by atoms with Gasteiger partial charge in [-0.05, 0) is 72.4 Å². The van der Waals surface area contributed by atoms with Crippen molar-refractivity contribution >= 4 is 12.3 Å². The number of hydrogen-bond donors (Lipinski definition) is 1. The van der Waals surface area contributed by atoms with E-state index in [9.17, 15) is 14.7 Å². The Balaban J connectivity index is 1.61. The number of aryl methyl sites for hydroxylation is 1. The summed E-state index contributed by atoms with van der Waals surface area (Å²) >= 11 is 0. The lowest BCUT2D eigenvalue weighted by Crippen LogP contribution is -2.23. The second kappa shape index (κ2) is 7.90. The first-order valence-electron chi connectivity index (χ1n) is 10.2. The minimum atomic E-state index is -0.197. The Labute approximate surface area is 170 Å². The van der Waals surface area contributed by atoms with E-state index in [1.807, 2.05) is 6.92 Å². The molecule has 1 aliphatic heterocycles.